The second kappa shape index (κ2) is 7.28. The molecule has 2 N–H and O–H groups in total. The molecule has 0 aliphatic carbocycles. The van der Waals surface area contributed by atoms with Gasteiger partial charge in [0.1, 0.15) is 12.6 Å². The zero-order valence-corrected chi connectivity index (χ0v) is 11.5. The lowest BCUT2D eigenvalue weighted by atomic mass is 10.2. The Balaban J connectivity index is 2.80. The molecule has 0 heterocycles. The predicted octanol–water partition coefficient (Wildman–Crippen LogP) is 0.624. The van der Waals surface area contributed by atoms with Gasteiger partial charge in [0.25, 0.3) is 0 Å². The van der Waals surface area contributed by atoms with Crippen molar-refractivity contribution in [2.75, 3.05) is 6.54 Å². The number of amides is 2. The first kappa shape index (κ1) is 15.7. The Kier molecular flexibility index (Phi) is 5.71. The van der Waals surface area contributed by atoms with E-state index in [1.54, 1.807) is 0 Å². The van der Waals surface area contributed by atoms with Gasteiger partial charge in [-0.2, -0.15) is 0 Å². The van der Waals surface area contributed by atoms with Gasteiger partial charge in [0.15, 0.2) is 0 Å². The van der Waals surface area contributed by atoms with Crippen molar-refractivity contribution in [3.63, 3.8) is 0 Å². The van der Waals surface area contributed by atoms with Gasteiger partial charge in [-0.25, -0.2) is 0 Å². The molecule has 0 fully saturated rings. The van der Waals surface area contributed by atoms with Crippen molar-refractivity contribution in [2.24, 2.45) is 0 Å². The first-order valence-electron chi connectivity index (χ1n) is 6.21. The second-order valence-electron chi connectivity index (χ2n) is 4.50. The third-order valence-corrected chi connectivity index (χ3v) is 2.64. The van der Waals surface area contributed by atoms with Crippen molar-refractivity contribution in [2.45, 2.75) is 26.4 Å². The summed E-state index contributed by atoms with van der Waals surface area (Å²) in [6.45, 7) is 2.62. The lowest BCUT2D eigenvalue weighted by Crippen LogP contribution is -2.47. The molecular weight excluding hydrogens is 260 g/mol. The molecule has 1 aromatic rings. The highest BCUT2D eigenvalue weighted by Gasteiger charge is 2.23. The molecule has 108 valence electrons. The van der Waals surface area contributed by atoms with Crippen molar-refractivity contribution in [1.29, 1.82) is 0 Å². The minimum atomic E-state index is -1.09. The molecule has 20 heavy (non-hydrogen) atoms. The third kappa shape index (κ3) is 5.09. The lowest BCUT2D eigenvalue weighted by molar-refractivity contribution is -0.146. The number of aliphatic carboxylic acids is 1. The summed E-state index contributed by atoms with van der Waals surface area (Å²) < 4.78 is 0. The van der Waals surface area contributed by atoms with Crippen LogP contribution >= 0.6 is 0 Å². The van der Waals surface area contributed by atoms with Crippen LogP contribution in [-0.2, 0) is 20.9 Å². The molecule has 1 unspecified atom stereocenters. The summed E-state index contributed by atoms with van der Waals surface area (Å²) in [5.74, 6) is -1.85. The molecule has 1 atom stereocenters. The molecule has 1 aromatic carbocycles. The van der Waals surface area contributed by atoms with Crippen molar-refractivity contribution in [3.05, 3.63) is 35.9 Å². The minimum Gasteiger partial charge on any atom is -0.480 e. The molecule has 0 aliphatic rings. The number of rotatable bonds is 6. The predicted molar refractivity (Wildman–Crippen MR) is 72.8 cm³/mol. The Morgan fingerprint density at radius 2 is 1.85 bits per heavy atom. The number of hydrogen-bond donors (Lipinski definition) is 2. The number of nitrogens with zero attached hydrogens (tertiary/aromatic N) is 1. The summed E-state index contributed by atoms with van der Waals surface area (Å²) in [7, 11) is 0. The molecule has 0 aliphatic heterocycles. The van der Waals surface area contributed by atoms with Crippen molar-refractivity contribution in [3.8, 4) is 0 Å². The van der Waals surface area contributed by atoms with Crippen LogP contribution in [0.1, 0.15) is 19.4 Å². The zero-order valence-electron chi connectivity index (χ0n) is 11.5. The topological polar surface area (TPSA) is 86.7 Å². The van der Waals surface area contributed by atoms with E-state index in [1.165, 1.54) is 18.7 Å². The van der Waals surface area contributed by atoms with Gasteiger partial charge in [-0.15, -0.1) is 0 Å². The molecule has 0 aromatic heterocycles. The molecule has 6 nitrogen and oxygen atoms in total. The number of nitrogens with one attached hydrogen (secondary N) is 1. The zero-order chi connectivity index (χ0) is 15.1. The highest BCUT2D eigenvalue weighted by molar-refractivity contribution is 5.88. The van der Waals surface area contributed by atoms with Crippen LogP contribution in [0.15, 0.2) is 30.3 Å². The van der Waals surface area contributed by atoms with Crippen LogP contribution in [0.4, 0.5) is 0 Å². The first-order valence-corrected chi connectivity index (χ1v) is 6.21. The average Bonchev–Trinajstić information content (AvgIpc) is 2.37. The Hall–Kier alpha value is -2.37. The van der Waals surface area contributed by atoms with E-state index < -0.39 is 24.5 Å². The summed E-state index contributed by atoms with van der Waals surface area (Å²) in [5, 5.41) is 11.4. The van der Waals surface area contributed by atoms with E-state index in [0.29, 0.717) is 0 Å². The Labute approximate surface area is 117 Å². The quantitative estimate of drug-likeness (QED) is 0.799. The van der Waals surface area contributed by atoms with Crippen LogP contribution < -0.4 is 5.32 Å². The molecule has 0 bridgehead atoms. The molecule has 0 saturated carbocycles. The van der Waals surface area contributed by atoms with E-state index >= 15 is 0 Å². The summed E-state index contributed by atoms with van der Waals surface area (Å²) in [5.41, 5.74) is 0.831. The van der Waals surface area contributed by atoms with Gasteiger partial charge in [-0.05, 0) is 12.5 Å². The van der Waals surface area contributed by atoms with Gasteiger partial charge in [-0.3, -0.25) is 14.4 Å². The van der Waals surface area contributed by atoms with E-state index in [-0.39, 0.29) is 12.5 Å². The SMILES string of the molecule is CC(=O)NC(C)C(=O)N(CC(=O)O)Cc1ccccc1. The fraction of sp³-hybridized carbons (Fsp3) is 0.357. The maximum absolute atomic E-state index is 12.2. The summed E-state index contributed by atoms with van der Waals surface area (Å²) in [6, 6.07) is 8.34. The molecular formula is C14H18N2O4. The van der Waals surface area contributed by atoms with E-state index in [0.717, 1.165) is 5.56 Å². The van der Waals surface area contributed by atoms with Crippen LogP contribution in [0.2, 0.25) is 0 Å². The van der Waals surface area contributed by atoms with Gasteiger partial charge in [0.05, 0.1) is 0 Å². The standard InChI is InChI=1S/C14H18N2O4/c1-10(15-11(2)17)14(20)16(9-13(18)19)8-12-6-4-3-5-7-12/h3-7,10H,8-9H2,1-2H3,(H,15,17)(H,18,19). The van der Waals surface area contributed by atoms with E-state index in [9.17, 15) is 14.4 Å². The van der Waals surface area contributed by atoms with E-state index in [2.05, 4.69) is 5.32 Å². The normalized spacial score (nSPS) is 11.5. The van der Waals surface area contributed by atoms with Gasteiger partial charge >= 0.3 is 5.97 Å². The van der Waals surface area contributed by atoms with E-state index in [1.807, 2.05) is 30.3 Å². The van der Waals surface area contributed by atoms with Gasteiger partial charge < -0.3 is 15.3 Å². The average molecular weight is 278 g/mol. The number of carboxylic acids is 1. The molecule has 0 spiro atoms. The number of carbonyl (C=O) groups excluding carboxylic acids is 2. The van der Waals surface area contributed by atoms with Gasteiger partial charge in [0.2, 0.25) is 11.8 Å². The summed E-state index contributed by atoms with van der Waals surface area (Å²) >= 11 is 0. The minimum absolute atomic E-state index is 0.190. The second-order valence-corrected chi connectivity index (χ2v) is 4.50. The number of carboxylic acid groups (broad SMARTS) is 1. The largest absolute Gasteiger partial charge is 0.480 e. The maximum Gasteiger partial charge on any atom is 0.323 e. The van der Waals surface area contributed by atoms with Crippen LogP contribution in [0.3, 0.4) is 0 Å². The Bertz CT molecular complexity index is 487. The fourth-order valence-corrected chi connectivity index (χ4v) is 1.82. The highest BCUT2D eigenvalue weighted by atomic mass is 16.4. The smallest absolute Gasteiger partial charge is 0.323 e. The van der Waals surface area contributed by atoms with Crippen molar-refractivity contribution >= 4 is 17.8 Å². The van der Waals surface area contributed by atoms with Gasteiger partial charge in [-0.1, -0.05) is 30.3 Å². The van der Waals surface area contributed by atoms with Crippen LogP contribution in [0.5, 0.6) is 0 Å². The van der Waals surface area contributed by atoms with Gasteiger partial charge in [0, 0.05) is 13.5 Å². The fourth-order valence-electron chi connectivity index (χ4n) is 1.82. The van der Waals surface area contributed by atoms with E-state index in [4.69, 9.17) is 5.11 Å². The first-order chi connectivity index (χ1) is 9.40. The monoisotopic (exact) mass is 278 g/mol. The van der Waals surface area contributed by atoms with Crippen LogP contribution in [-0.4, -0.2) is 40.4 Å². The molecule has 2 amide bonds. The molecule has 1 rings (SSSR count). The highest BCUT2D eigenvalue weighted by Crippen LogP contribution is 2.06. The third-order valence-electron chi connectivity index (χ3n) is 2.64. The maximum atomic E-state index is 12.2. The molecule has 6 heteroatoms. The molecule has 0 saturated heterocycles. The molecule has 0 radical (unpaired) electrons. The van der Waals surface area contributed by atoms with Crippen LogP contribution in [0, 0.1) is 0 Å². The summed E-state index contributed by atoms with van der Waals surface area (Å²) in [6.07, 6.45) is 0. The van der Waals surface area contributed by atoms with Crippen molar-refractivity contribution < 1.29 is 19.5 Å². The lowest BCUT2D eigenvalue weighted by Gasteiger charge is -2.24. The summed E-state index contributed by atoms with van der Waals surface area (Å²) in [4.78, 5) is 35.2. The number of carbonyl (C=O) groups is 3. The number of hydrogen-bond acceptors (Lipinski definition) is 3. The number of benzene rings is 1. The Morgan fingerprint density at radius 3 is 2.35 bits per heavy atom. The van der Waals surface area contributed by atoms with Crippen molar-refractivity contribution in [1.82, 2.24) is 10.2 Å². The van der Waals surface area contributed by atoms with Crippen LogP contribution in [0.25, 0.3) is 0 Å². The Morgan fingerprint density at radius 1 is 1.25 bits per heavy atom.